The molecule has 82 valence electrons. The SMILES string of the molecule is CC(C)N1CCC(n2cc(N)nn2)C1=O. The molecular weight excluding hydrogens is 194 g/mol. The molecule has 6 heteroatoms. The van der Waals surface area contributed by atoms with Gasteiger partial charge in [-0.1, -0.05) is 5.21 Å². The number of carbonyl (C=O) groups excluding carboxylic acids is 1. The third kappa shape index (κ3) is 1.67. The van der Waals surface area contributed by atoms with Crippen LogP contribution < -0.4 is 5.73 Å². The summed E-state index contributed by atoms with van der Waals surface area (Å²) in [5.74, 6) is 0.459. The maximum atomic E-state index is 12.0. The first kappa shape index (κ1) is 9.95. The molecule has 1 aliphatic rings. The van der Waals surface area contributed by atoms with Crippen LogP contribution in [-0.2, 0) is 4.79 Å². The molecule has 1 aliphatic heterocycles. The fraction of sp³-hybridized carbons (Fsp3) is 0.667. The molecule has 1 saturated heterocycles. The second-order valence-electron chi connectivity index (χ2n) is 4.05. The standard InChI is InChI=1S/C9H15N5O/c1-6(2)13-4-3-7(9(13)15)14-5-8(10)11-12-14/h5-7H,3-4,10H2,1-2H3. The van der Waals surface area contributed by atoms with E-state index in [1.807, 2.05) is 18.7 Å². The number of nitrogen functional groups attached to an aromatic ring is 1. The van der Waals surface area contributed by atoms with Crippen LogP contribution in [0.4, 0.5) is 5.82 Å². The van der Waals surface area contributed by atoms with E-state index in [9.17, 15) is 4.79 Å². The van der Waals surface area contributed by atoms with Gasteiger partial charge in [0.05, 0.1) is 6.20 Å². The average molecular weight is 209 g/mol. The summed E-state index contributed by atoms with van der Waals surface area (Å²) in [4.78, 5) is 13.8. The number of likely N-dealkylation sites (tertiary alicyclic amines) is 1. The van der Waals surface area contributed by atoms with Crippen molar-refractivity contribution in [3.63, 3.8) is 0 Å². The number of carbonyl (C=O) groups is 1. The number of anilines is 1. The van der Waals surface area contributed by atoms with Crippen LogP contribution in [0.1, 0.15) is 26.3 Å². The molecule has 1 aromatic heterocycles. The van der Waals surface area contributed by atoms with Crippen molar-refractivity contribution in [1.29, 1.82) is 0 Å². The topological polar surface area (TPSA) is 77.0 Å². The molecule has 15 heavy (non-hydrogen) atoms. The lowest BCUT2D eigenvalue weighted by Crippen LogP contribution is -2.34. The molecule has 1 atom stereocenters. The molecule has 0 bridgehead atoms. The van der Waals surface area contributed by atoms with E-state index < -0.39 is 0 Å². The molecular formula is C9H15N5O. The van der Waals surface area contributed by atoms with Crippen LogP contribution in [0, 0.1) is 0 Å². The first-order valence-corrected chi connectivity index (χ1v) is 5.07. The fourth-order valence-electron chi connectivity index (χ4n) is 1.89. The molecule has 0 radical (unpaired) electrons. The first-order chi connectivity index (χ1) is 7.09. The van der Waals surface area contributed by atoms with Gasteiger partial charge in [0, 0.05) is 12.6 Å². The van der Waals surface area contributed by atoms with E-state index in [0.29, 0.717) is 5.82 Å². The average Bonchev–Trinajstić information content (AvgIpc) is 2.71. The highest BCUT2D eigenvalue weighted by Gasteiger charge is 2.34. The van der Waals surface area contributed by atoms with Gasteiger partial charge in [0.1, 0.15) is 6.04 Å². The Bertz CT molecular complexity index is 372. The van der Waals surface area contributed by atoms with Crippen molar-refractivity contribution < 1.29 is 4.79 Å². The van der Waals surface area contributed by atoms with Gasteiger partial charge in [0.2, 0.25) is 5.91 Å². The number of rotatable bonds is 2. The van der Waals surface area contributed by atoms with Crippen LogP contribution in [0.15, 0.2) is 6.20 Å². The lowest BCUT2D eigenvalue weighted by molar-refractivity contribution is -0.132. The molecule has 1 aromatic rings. The van der Waals surface area contributed by atoms with Gasteiger partial charge in [0.25, 0.3) is 0 Å². The largest absolute Gasteiger partial charge is 0.381 e. The predicted molar refractivity (Wildman–Crippen MR) is 54.9 cm³/mol. The molecule has 0 aromatic carbocycles. The van der Waals surface area contributed by atoms with Gasteiger partial charge in [-0.05, 0) is 20.3 Å². The Balaban J connectivity index is 2.17. The Morgan fingerprint density at radius 3 is 2.80 bits per heavy atom. The van der Waals surface area contributed by atoms with Gasteiger partial charge in [-0.2, -0.15) is 0 Å². The van der Waals surface area contributed by atoms with E-state index in [1.165, 1.54) is 0 Å². The summed E-state index contributed by atoms with van der Waals surface area (Å²) < 4.78 is 1.56. The number of amides is 1. The third-order valence-electron chi connectivity index (χ3n) is 2.68. The summed E-state index contributed by atoms with van der Waals surface area (Å²) in [6, 6.07) is 0.0144. The fourth-order valence-corrected chi connectivity index (χ4v) is 1.89. The Morgan fingerprint density at radius 2 is 2.33 bits per heavy atom. The predicted octanol–water partition coefficient (Wildman–Crippen LogP) is 0.0421. The summed E-state index contributed by atoms with van der Waals surface area (Å²) in [6.07, 6.45) is 2.38. The highest BCUT2D eigenvalue weighted by Crippen LogP contribution is 2.24. The van der Waals surface area contributed by atoms with Gasteiger partial charge in [-0.25, -0.2) is 4.68 Å². The minimum absolute atomic E-state index is 0.106. The Hall–Kier alpha value is -1.59. The summed E-state index contributed by atoms with van der Waals surface area (Å²) in [5, 5.41) is 7.52. The minimum atomic E-state index is -0.225. The molecule has 0 aliphatic carbocycles. The van der Waals surface area contributed by atoms with Crippen molar-refractivity contribution in [2.75, 3.05) is 12.3 Å². The normalized spacial score (nSPS) is 21.7. The Morgan fingerprint density at radius 1 is 1.60 bits per heavy atom. The van der Waals surface area contributed by atoms with Crippen LogP contribution in [0.2, 0.25) is 0 Å². The molecule has 0 saturated carbocycles. The van der Waals surface area contributed by atoms with Crippen molar-refractivity contribution in [1.82, 2.24) is 19.9 Å². The summed E-state index contributed by atoms with van der Waals surface area (Å²) >= 11 is 0. The third-order valence-corrected chi connectivity index (χ3v) is 2.68. The Labute approximate surface area is 88.0 Å². The van der Waals surface area contributed by atoms with Gasteiger partial charge in [-0.3, -0.25) is 4.79 Å². The molecule has 1 fully saturated rings. The van der Waals surface area contributed by atoms with Crippen molar-refractivity contribution in [3.05, 3.63) is 6.20 Å². The maximum Gasteiger partial charge on any atom is 0.247 e. The molecule has 1 amide bonds. The van der Waals surface area contributed by atoms with Crippen molar-refractivity contribution in [2.24, 2.45) is 0 Å². The van der Waals surface area contributed by atoms with Crippen LogP contribution in [0.3, 0.4) is 0 Å². The van der Waals surface area contributed by atoms with Crippen LogP contribution >= 0.6 is 0 Å². The van der Waals surface area contributed by atoms with E-state index >= 15 is 0 Å². The zero-order valence-corrected chi connectivity index (χ0v) is 8.92. The molecule has 0 spiro atoms. The number of nitrogens with two attached hydrogens (primary N) is 1. The van der Waals surface area contributed by atoms with E-state index in [-0.39, 0.29) is 18.0 Å². The van der Waals surface area contributed by atoms with E-state index in [2.05, 4.69) is 10.3 Å². The smallest absolute Gasteiger partial charge is 0.247 e. The molecule has 2 N–H and O–H groups in total. The number of aromatic nitrogens is 3. The van der Waals surface area contributed by atoms with Gasteiger partial charge in [-0.15, -0.1) is 5.10 Å². The monoisotopic (exact) mass is 209 g/mol. The van der Waals surface area contributed by atoms with Crippen molar-refractivity contribution in [3.8, 4) is 0 Å². The molecule has 2 heterocycles. The van der Waals surface area contributed by atoms with E-state index in [0.717, 1.165) is 13.0 Å². The highest BCUT2D eigenvalue weighted by molar-refractivity contribution is 5.82. The van der Waals surface area contributed by atoms with Crippen LogP contribution in [0.25, 0.3) is 0 Å². The number of nitrogens with zero attached hydrogens (tertiary/aromatic N) is 4. The lowest BCUT2D eigenvalue weighted by atomic mass is 10.2. The Kier molecular flexibility index (Phi) is 2.34. The molecule has 1 unspecified atom stereocenters. The quantitative estimate of drug-likeness (QED) is 0.746. The minimum Gasteiger partial charge on any atom is -0.381 e. The summed E-state index contributed by atoms with van der Waals surface area (Å²) in [5.41, 5.74) is 5.47. The summed E-state index contributed by atoms with van der Waals surface area (Å²) in [7, 11) is 0. The maximum absolute atomic E-state index is 12.0. The lowest BCUT2D eigenvalue weighted by Gasteiger charge is -2.20. The second-order valence-corrected chi connectivity index (χ2v) is 4.05. The zero-order chi connectivity index (χ0) is 11.0. The van der Waals surface area contributed by atoms with Crippen molar-refractivity contribution in [2.45, 2.75) is 32.4 Å². The van der Waals surface area contributed by atoms with Gasteiger partial charge >= 0.3 is 0 Å². The summed E-state index contributed by atoms with van der Waals surface area (Å²) in [6.45, 7) is 4.80. The van der Waals surface area contributed by atoms with E-state index in [4.69, 9.17) is 5.73 Å². The van der Waals surface area contributed by atoms with Gasteiger partial charge < -0.3 is 10.6 Å². The van der Waals surface area contributed by atoms with Crippen molar-refractivity contribution >= 4 is 11.7 Å². The number of hydrogen-bond acceptors (Lipinski definition) is 4. The van der Waals surface area contributed by atoms with Gasteiger partial charge in [0.15, 0.2) is 5.82 Å². The molecule has 6 nitrogen and oxygen atoms in total. The highest BCUT2D eigenvalue weighted by atomic mass is 16.2. The first-order valence-electron chi connectivity index (χ1n) is 5.07. The van der Waals surface area contributed by atoms with E-state index in [1.54, 1.807) is 10.9 Å². The van der Waals surface area contributed by atoms with Crippen LogP contribution in [-0.4, -0.2) is 38.4 Å². The van der Waals surface area contributed by atoms with Crippen LogP contribution in [0.5, 0.6) is 0 Å². The second kappa shape index (κ2) is 3.52. The number of hydrogen-bond donors (Lipinski definition) is 1. The zero-order valence-electron chi connectivity index (χ0n) is 8.92. The molecule has 2 rings (SSSR count).